The van der Waals surface area contributed by atoms with Crippen molar-refractivity contribution in [1.82, 2.24) is 4.98 Å². The number of halogens is 1. The average Bonchev–Trinajstić information content (AvgIpc) is 2.83. The van der Waals surface area contributed by atoms with E-state index in [1.54, 1.807) is 24.4 Å². The smallest absolute Gasteiger partial charge is 0.344 e. The summed E-state index contributed by atoms with van der Waals surface area (Å²) in [6.45, 7) is 2.46. The van der Waals surface area contributed by atoms with Crippen molar-refractivity contribution in [3.8, 4) is 5.88 Å². The molecule has 0 aliphatic heterocycles. The lowest BCUT2D eigenvalue weighted by atomic mass is 10.3. The summed E-state index contributed by atoms with van der Waals surface area (Å²) in [6.07, 6.45) is 1.57. The highest BCUT2D eigenvalue weighted by Crippen LogP contribution is 2.23. The monoisotopic (exact) mass is 297 g/mol. The minimum Gasteiger partial charge on any atom is -0.477 e. The fourth-order valence-corrected chi connectivity index (χ4v) is 2.44. The van der Waals surface area contributed by atoms with E-state index in [2.05, 4.69) is 4.98 Å². The van der Waals surface area contributed by atoms with E-state index in [1.807, 2.05) is 13.0 Å². The molecule has 0 bridgehead atoms. The molecule has 19 heavy (non-hydrogen) atoms. The van der Waals surface area contributed by atoms with E-state index in [-0.39, 0.29) is 6.61 Å². The van der Waals surface area contributed by atoms with Gasteiger partial charge in [-0.3, -0.25) is 0 Å². The van der Waals surface area contributed by atoms with E-state index in [9.17, 15) is 4.79 Å². The van der Waals surface area contributed by atoms with Crippen molar-refractivity contribution in [3.63, 3.8) is 0 Å². The van der Waals surface area contributed by atoms with E-state index in [0.717, 1.165) is 4.88 Å². The van der Waals surface area contributed by atoms with E-state index in [0.29, 0.717) is 22.4 Å². The van der Waals surface area contributed by atoms with Crippen molar-refractivity contribution < 1.29 is 14.3 Å². The summed E-state index contributed by atoms with van der Waals surface area (Å²) in [5.41, 5.74) is 0.326. The topological polar surface area (TPSA) is 48.4 Å². The third-order valence-corrected chi connectivity index (χ3v) is 3.45. The number of thiophene rings is 1. The number of esters is 1. The van der Waals surface area contributed by atoms with Crippen LogP contribution in [0, 0.1) is 0 Å². The molecule has 0 N–H and O–H groups in total. The Morgan fingerprint density at radius 1 is 1.42 bits per heavy atom. The molecule has 0 aromatic carbocycles. The van der Waals surface area contributed by atoms with Crippen molar-refractivity contribution in [2.24, 2.45) is 0 Å². The number of hydrogen-bond acceptors (Lipinski definition) is 5. The molecular weight excluding hydrogens is 286 g/mol. The Kier molecular flexibility index (Phi) is 4.76. The molecule has 0 unspecified atom stereocenters. The predicted octanol–water partition coefficient (Wildman–Crippen LogP) is 3.55. The van der Waals surface area contributed by atoms with Crippen LogP contribution in [-0.2, 0) is 11.3 Å². The second-order valence-electron chi connectivity index (χ2n) is 3.57. The third-order valence-electron chi connectivity index (χ3n) is 2.25. The number of hydrogen-bond donors (Lipinski definition) is 0. The number of carbonyl (C=O) groups excluding carboxylic acids is 1. The molecule has 0 saturated heterocycles. The molecule has 2 heterocycles. The Morgan fingerprint density at radius 2 is 2.26 bits per heavy atom. The Bertz CT molecular complexity index is 571. The second-order valence-corrected chi connectivity index (χ2v) is 5.37. The molecule has 100 valence electrons. The molecule has 0 saturated carbocycles. The summed E-state index contributed by atoms with van der Waals surface area (Å²) >= 11 is 7.19. The van der Waals surface area contributed by atoms with E-state index < -0.39 is 5.97 Å². The molecule has 2 rings (SSSR count). The van der Waals surface area contributed by atoms with Crippen LogP contribution < -0.4 is 4.74 Å². The summed E-state index contributed by atoms with van der Waals surface area (Å²) in [7, 11) is 0. The highest BCUT2D eigenvalue weighted by molar-refractivity contribution is 7.16. The van der Waals surface area contributed by atoms with Gasteiger partial charge in [0.1, 0.15) is 12.2 Å². The molecule has 0 fully saturated rings. The molecule has 0 atom stereocenters. The van der Waals surface area contributed by atoms with E-state index in [1.165, 1.54) is 11.3 Å². The number of ether oxygens (including phenoxy) is 2. The quantitative estimate of drug-likeness (QED) is 0.792. The number of pyridine rings is 1. The SMILES string of the molecule is CCOc1ncccc1C(=O)OCc1ccc(Cl)s1. The number of nitrogens with zero attached hydrogens (tertiary/aromatic N) is 1. The zero-order valence-electron chi connectivity index (χ0n) is 10.3. The van der Waals surface area contributed by atoms with Gasteiger partial charge in [-0.15, -0.1) is 11.3 Å². The van der Waals surface area contributed by atoms with Gasteiger partial charge in [0.2, 0.25) is 5.88 Å². The first-order valence-corrected chi connectivity index (χ1v) is 6.89. The standard InChI is InChI=1S/C13H12ClNO3S/c1-2-17-12-10(4-3-7-15-12)13(16)18-8-9-5-6-11(14)19-9/h3-7H,2,8H2,1H3. The maximum Gasteiger partial charge on any atom is 0.344 e. The molecule has 2 aromatic heterocycles. The summed E-state index contributed by atoms with van der Waals surface area (Å²) in [6, 6.07) is 6.89. The first kappa shape index (κ1) is 13.8. The van der Waals surface area contributed by atoms with Gasteiger partial charge >= 0.3 is 5.97 Å². The van der Waals surface area contributed by atoms with Crippen LogP contribution in [0.1, 0.15) is 22.2 Å². The fraction of sp³-hybridized carbons (Fsp3) is 0.231. The van der Waals surface area contributed by atoms with Gasteiger partial charge in [0, 0.05) is 11.1 Å². The lowest BCUT2D eigenvalue weighted by Gasteiger charge is -2.08. The van der Waals surface area contributed by atoms with Gasteiger partial charge in [0.15, 0.2) is 0 Å². The van der Waals surface area contributed by atoms with Crippen LogP contribution in [-0.4, -0.2) is 17.6 Å². The Hall–Kier alpha value is -1.59. The normalized spacial score (nSPS) is 10.2. The Balaban J connectivity index is 2.03. The maximum absolute atomic E-state index is 11.9. The number of rotatable bonds is 5. The third kappa shape index (κ3) is 3.68. The fourth-order valence-electron chi connectivity index (χ4n) is 1.44. The minimum absolute atomic E-state index is 0.191. The lowest BCUT2D eigenvalue weighted by Crippen LogP contribution is -2.08. The highest BCUT2D eigenvalue weighted by atomic mass is 35.5. The summed E-state index contributed by atoms with van der Waals surface area (Å²) in [5.74, 6) is -0.166. The van der Waals surface area contributed by atoms with E-state index in [4.69, 9.17) is 21.1 Å². The van der Waals surface area contributed by atoms with Gasteiger partial charge in [-0.1, -0.05) is 11.6 Å². The average molecular weight is 298 g/mol. The summed E-state index contributed by atoms with van der Waals surface area (Å²) in [4.78, 5) is 16.8. The van der Waals surface area contributed by atoms with Gasteiger partial charge in [0.25, 0.3) is 0 Å². The summed E-state index contributed by atoms with van der Waals surface area (Å²) in [5, 5.41) is 0. The largest absolute Gasteiger partial charge is 0.477 e. The zero-order chi connectivity index (χ0) is 13.7. The Morgan fingerprint density at radius 3 is 2.95 bits per heavy atom. The summed E-state index contributed by atoms with van der Waals surface area (Å²) < 4.78 is 11.2. The first-order chi connectivity index (χ1) is 9.20. The van der Waals surface area contributed by atoms with Crippen LogP contribution in [0.5, 0.6) is 5.88 Å². The van der Waals surface area contributed by atoms with Crippen molar-refractivity contribution in [1.29, 1.82) is 0 Å². The lowest BCUT2D eigenvalue weighted by molar-refractivity contribution is 0.0471. The zero-order valence-corrected chi connectivity index (χ0v) is 11.8. The predicted molar refractivity (Wildman–Crippen MR) is 73.9 cm³/mol. The van der Waals surface area contributed by atoms with Crippen molar-refractivity contribution in [2.45, 2.75) is 13.5 Å². The molecule has 0 radical (unpaired) electrons. The molecule has 2 aromatic rings. The van der Waals surface area contributed by atoms with Gasteiger partial charge in [-0.05, 0) is 31.2 Å². The van der Waals surface area contributed by atoms with Crippen LogP contribution in [0.2, 0.25) is 4.34 Å². The highest BCUT2D eigenvalue weighted by Gasteiger charge is 2.15. The van der Waals surface area contributed by atoms with Crippen molar-refractivity contribution in [2.75, 3.05) is 6.61 Å². The van der Waals surface area contributed by atoms with Gasteiger partial charge in [-0.25, -0.2) is 9.78 Å². The number of carbonyl (C=O) groups is 1. The first-order valence-electron chi connectivity index (χ1n) is 5.70. The van der Waals surface area contributed by atoms with Crippen LogP contribution in [0.15, 0.2) is 30.5 Å². The molecule has 0 amide bonds. The van der Waals surface area contributed by atoms with Crippen molar-refractivity contribution in [3.05, 3.63) is 45.2 Å². The molecule has 4 nitrogen and oxygen atoms in total. The minimum atomic E-state index is -0.457. The van der Waals surface area contributed by atoms with Gasteiger partial charge in [0.05, 0.1) is 10.9 Å². The van der Waals surface area contributed by atoms with Crippen LogP contribution in [0.4, 0.5) is 0 Å². The second kappa shape index (κ2) is 6.54. The molecule has 0 aliphatic carbocycles. The molecule has 0 spiro atoms. The Labute approximate surface area is 120 Å². The van der Waals surface area contributed by atoms with Crippen LogP contribution in [0.25, 0.3) is 0 Å². The maximum atomic E-state index is 11.9. The van der Waals surface area contributed by atoms with Gasteiger partial charge < -0.3 is 9.47 Å². The van der Waals surface area contributed by atoms with Crippen molar-refractivity contribution >= 4 is 28.9 Å². The van der Waals surface area contributed by atoms with E-state index >= 15 is 0 Å². The van der Waals surface area contributed by atoms with Gasteiger partial charge in [-0.2, -0.15) is 0 Å². The molecule has 0 aliphatic rings. The van der Waals surface area contributed by atoms with Crippen LogP contribution >= 0.6 is 22.9 Å². The van der Waals surface area contributed by atoms with Crippen LogP contribution in [0.3, 0.4) is 0 Å². The molecule has 6 heteroatoms. The number of aromatic nitrogens is 1. The molecular formula is C13H12ClNO3S.